The van der Waals surface area contributed by atoms with E-state index in [1.165, 1.54) is 11.1 Å². The minimum Gasteiger partial charge on any atom is -0.299 e. The van der Waals surface area contributed by atoms with E-state index in [0.717, 1.165) is 6.42 Å². The van der Waals surface area contributed by atoms with Crippen LogP contribution < -0.4 is 0 Å². The zero-order valence-electron chi connectivity index (χ0n) is 8.79. The molecule has 0 N–H and O–H groups in total. The molecule has 1 aromatic carbocycles. The predicted molar refractivity (Wildman–Crippen MR) is 57.3 cm³/mol. The average molecular weight is 188 g/mol. The summed E-state index contributed by atoms with van der Waals surface area (Å²) >= 11 is 0. The van der Waals surface area contributed by atoms with Gasteiger partial charge in [-0.15, -0.1) is 0 Å². The molecule has 0 radical (unpaired) electrons. The molecule has 0 bridgehead atoms. The van der Waals surface area contributed by atoms with E-state index in [4.69, 9.17) is 0 Å². The summed E-state index contributed by atoms with van der Waals surface area (Å²) in [5.74, 6) is 1.06. The molecule has 0 spiro atoms. The minimum absolute atomic E-state index is 0.241. The van der Waals surface area contributed by atoms with Gasteiger partial charge < -0.3 is 0 Å². The van der Waals surface area contributed by atoms with Gasteiger partial charge in [0, 0.05) is 12.3 Å². The van der Waals surface area contributed by atoms with Gasteiger partial charge >= 0.3 is 0 Å². The van der Waals surface area contributed by atoms with Gasteiger partial charge in [-0.1, -0.05) is 38.1 Å². The van der Waals surface area contributed by atoms with Crippen molar-refractivity contribution in [1.82, 2.24) is 0 Å². The second-order valence-corrected chi connectivity index (χ2v) is 4.15. The number of hydrogen-bond acceptors (Lipinski definition) is 1. The van der Waals surface area contributed by atoms with Crippen LogP contribution >= 0.6 is 0 Å². The SMILES string of the molecule is CCC1C(=O)Cc2ccccc2C1C. The summed E-state index contributed by atoms with van der Waals surface area (Å²) in [4.78, 5) is 11.8. The Balaban J connectivity index is 2.43. The maximum Gasteiger partial charge on any atom is 0.140 e. The molecule has 74 valence electrons. The van der Waals surface area contributed by atoms with Crippen molar-refractivity contribution in [2.45, 2.75) is 32.6 Å². The Hall–Kier alpha value is -1.11. The van der Waals surface area contributed by atoms with Crippen molar-refractivity contribution in [1.29, 1.82) is 0 Å². The van der Waals surface area contributed by atoms with Crippen LogP contribution in [-0.4, -0.2) is 5.78 Å². The largest absolute Gasteiger partial charge is 0.299 e. The van der Waals surface area contributed by atoms with Crippen LogP contribution in [0, 0.1) is 5.92 Å². The number of carbonyl (C=O) groups is 1. The molecule has 1 heteroatoms. The van der Waals surface area contributed by atoms with Gasteiger partial charge in [0.2, 0.25) is 0 Å². The predicted octanol–water partition coefficient (Wildman–Crippen LogP) is 2.94. The third kappa shape index (κ3) is 1.37. The monoisotopic (exact) mass is 188 g/mol. The maximum atomic E-state index is 11.8. The molecule has 1 aliphatic carbocycles. The first-order valence-electron chi connectivity index (χ1n) is 5.34. The lowest BCUT2D eigenvalue weighted by Gasteiger charge is -2.29. The first-order chi connectivity index (χ1) is 6.74. The van der Waals surface area contributed by atoms with E-state index in [1.807, 2.05) is 6.07 Å². The van der Waals surface area contributed by atoms with E-state index in [9.17, 15) is 4.79 Å². The van der Waals surface area contributed by atoms with E-state index >= 15 is 0 Å². The highest BCUT2D eigenvalue weighted by Crippen LogP contribution is 2.35. The quantitative estimate of drug-likeness (QED) is 0.662. The molecule has 2 rings (SSSR count). The highest BCUT2D eigenvalue weighted by Gasteiger charge is 2.30. The number of hydrogen-bond donors (Lipinski definition) is 0. The molecule has 0 saturated carbocycles. The Kier molecular flexibility index (Phi) is 2.40. The Bertz CT molecular complexity index is 354. The molecular formula is C13H16O. The van der Waals surface area contributed by atoms with Crippen molar-refractivity contribution in [2.24, 2.45) is 5.92 Å². The van der Waals surface area contributed by atoms with E-state index < -0.39 is 0 Å². The lowest BCUT2D eigenvalue weighted by atomic mass is 9.74. The van der Waals surface area contributed by atoms with Gasteiger partial charge in [-0.3, -0.25) is 4.79 Å². The van der Waals surface area contributed by atoms with Crippen LogP contribution in [-0.2, 0) is 11.2 Å². The molecule has 0 amide bonds. The van der Waals surface area contributed by atoms with Gasteiger partial charge in [-0.2, -0.15) is 0 Å². The highest BCUT2D eigenvalue weighted by molar-refractivity contribution is 5.86. The van der Waals surface area contributed by atoms with E-state index in [-0.39, 0.29) is 5.92 Å². The smallest absolute Gasteiger partial charge is 0.140 e. The number of carbonyl (C=O) groups excluding carboxylic acids is 1. The van der Waals surface area contributed by atoms with Crippen LogP contribution in [0.4, 0.5) is 0 Å². The number of rotatable bonds is 1. The highest BCUT2D eigenvalue weighted by atomic mass is 16.1. The lowest BCUT2D eigenvalue weighted by molar-refractivity contribution is -0.123. The van der Waals surface area contributed by atoms with E-state index in [0.29, 0.717) is 18.1 Å². The van der Waals surface area contributed by atoms with Gasteiger partial charge in [0.1, 0.15) is 5.78 Å². The van der Waals surface area contributed by atoms with Crippen LogP contribution in [0.5, 0.6) is 0 Å². The zero-order valence-corrected chi connectivity index (χ0v) is 8.79. The second kappa shape index (κ2) is 3.56. The van der Waals surface area contributed by atoms with E-state index in [1.54, 1.807) is 0 Å². The van der Waals surface area contributed by atoms with Crippen LogP contribution in [0.25, 0.3) is 0 Å². The van der Waals surface area contributed by atoms with Gasteiger partial charge in [0.15, 0.2) is 0 Å². The van der Waals surface area contributed by atoms with Gasteiger partial charge in [-0.25, -0.2) is 0 Å². The van der Waals surface area contributed by atoms with Crippen molar-refractivity contribution in [2.75, 3.05) is 0 Å². The Morgan fingerprint density at radius 2 is 2.07 bits per heavy atom. The normalized spacial score (nSPS) is 26.0. The number of Topliss-reactive ketones (excluding diaryl/α,β-unsaturated/α-hetero) is 1. The Morgan fingerprint density at radius 1 is 1.36 bits per heavy atom. The molecule has 2 unspecified atom stereocenters. The van der Waals surface area contributed by atoms with Crippen LogP contribution in [0.2, 0.25) is 0 Å². The van der Waals surface area contributed by atoms with Gasteiger partial charge in [-0.05, 0) is 23.5 Å². The first kappa shape index (κ1) is 9.45. The third-order valence-electron chi connectivity index (χ3n) is 3.37. The summed E-state index contributed by atoms with van der Waals surface area (Å²) < 4.78 is 0. The van der Waals surface area contributed by atoms with Crippen molar-refractivity contribution >= 4 is 5.78 Å². The second-order valence-electron chi connectivity index (χ2n) is 4.15. The van der Waals surface area contributed by atoms with Crippen molar-refractivity contribution in [3.05, 3.63) is 35.4 Å². The Labute approximate surface area is 85.1 Å². The number of fused-ring (bicyclic) bond motifs is 1. The van der Waals surface area contributed by atoms with Crippen molar-refractivity contribution < 1.29 is 4.79 Å². The third-order valence-corrected chi connectivity index (χ3v) is 3.37. The fourth-order valence-electron chi connectivity index (χ4n) is 2.54. The van der Waals surface area contributed by atoms with Crippen molar-refractivity contribution in [3.8, 4) is 0 Å². The van der Waals surface area contributed by atoms with Gasteiger partial charge in [0.25, 0.3) is 0 Å². The van der Waals surface area contributed by atoms with Crippen molar-refractivity contribution in [3.63, 3.8) is 0 Å². The van der Waals surface area contributed by atoms with E-state index in [2.05, 4.69) is 32.0 Å². The van der Waals surface area contributed by atoms with Crippen LogP contribution in [0.15, 0.2) is 24.3 Å². The van der Waals surface area contributed by atoms with Gasteiger partial charge in [0.05, 0.1) is 0 Å². The first-order valence-corrected chi connectivity index (χ1v) is 5.34. The number of benzene rings is 1. The molecule has 1 aromatic rings. The molecule has 0 aliphatic heterocycles. The minimum atomic E-state index is 0.241. The summed E-state index contributed by atoms with van der Waals surface area (Å²) in [6.07, 6.45) is 1.60. The molecule has 0 saturated heterocycles. The molecule has 1 aliphatic rings. The van der Waals surface area contributed by atoms with Crippen LogP contribution in [0.1, 0.15) is 37.3 Å². The Morgan fingerprint density at radius 3 is 2.79 bits per heavy atom. The average Bonchev–Trinajstić information content (AvgIpc) is 2.18. The molecule has 0 heterocycles. The molecule has 14 heavy (non-hydrogen) atoms. The maximum absolute atomic E-state index is 11.8. The number of ketones is 1. The topological polar surface area (TPSA) is 17.1 Å². The summed E-state index contributed by atoms with van der Waals surface area (Å²) in [7, 11) is 0. The molecule has 2 atom stereocenters. The molecule has 0 aromatic heterocycles. The van der Waals surface area contributed by atoms with Crippen LogP contribution in [0.3, 0.4) is 0 Å². The summed E-state index contributed by atoms with van der Waals surface area (Å²) in [6, 6.07) is 8.33. The summed E-state index contributed by atoms with van der Waals surface area (Å²) in [5.41, 5.74) is 2.61. The summed E-state index contributed by atoms with van der Waals surface area (Å²) in [6.45, 7) is 4.27. The zero-order chi connectivity index (χ0) is 10.1. The standard InChI is InChI=1S/C13H16O/c1-3-11-9(2)12-7-5-4-6-10(12)8-13(11)14/h4-7,9,11H,3,8H2,1-2H3. The molecule has 1 nitrogen and oxygen atoms in total. The fraction of sp³-hybridized carbons (Fsp3) is 0.462. The molecule has 0 fully saturated rings. The fourth-order valence-corrected chi connectivity index (χ4v) is 2.54. The lowest BCUT2D eigenvalue weighted by Crippen LogP contribution is -2.27. The molecular weight excluding hydrogens is 172 g/mol. The summed E-state index contributed by atoms with van der Waals surface area (Å²) in [5, 5.41) is 0.